The van der Waals surface area contributed by atoms with Crippen molar-refractivity contribution in [3.8, 4) is 5.69 Å². The van der Waals surface area contributed by atoms with Gasteiger partial charge in [-0.25, -0.2) is 27.2 Å². The van der Waals surface area contributed by atoms with Crippen LogP contribution in [-0.2, 0) is 19.1 Å². The highest BCUT2D eigenvalue weighted by molar-refractivity contribution is 6.39. The number of pyridine rings is 1. The Labute approximate surface area is 223 Å². The second-order valence-electron chi connectivity index (χ2n) is 8.77. The first-order valence-electron chi connectivity index (χ1n) is 11.7. The minimum absolute atomic E-state index is 0.0303. The highest BCUT2D eigenvalue weighted by atomic mass is 19.1. The molecular weight excluding hydrogens is 542 g/mol. The number of carbonyl (C=O) groups excluding carboxylic acids is 2. The predicted molar refractivity (Wildman–Crippen MR) is 133 cm³/mol. The normalized spacial score (nSPS) is 15.4. The van der Waals surface area contributed by atoms with Crippen LogP contribution in [0.25, 0.3) is 16.6 Å². The second kappa shape index (κ2) is 11.2. The third kappa shape index (κ3) is 5.24. The van der Waals surface area contributed by atoms with Crippen molar-refractivity contribution in [3.05, 3.63) is 69.5 Å². The number of rotatable bonds is 7. The lowest BCUT2D eigenvalue weighted by atomic mass is 10.1. The quantitative estimate of drug-likeness (QED) is 0.264. The summed E-state index contributed by atoms with van der Waals surface area (Å²) in [6, 6.07) is 2.20. The van der Waals surface area contributed by atoms with E-state index >= 15 is 8.78 Å². The van der Waals surface area contributed by atoms with Gasteiger partial charge in [-0.2, -0.15) is 0 Å². The van der Waals surface area contributed by atoms with Gasteiger partial charge in [-0.3, -0.25) is 14.6 Å². The minimum Gasteiger partial charge on any atom is -0.477 e. The van der Waals surface area contributed by atoms with Crippen molar-refractivity contribution in [2.75, 3.05) is 32.2 Å². The third-order valence-corrected chi connectivity index (χ3v) is 6.33. The maximum atomic E-state index is 16.1. The number of carboxylic acid groups (broad SMARTS) is 1. The molecule has 1 aliphatic heterocycles. The lowest BCUT2D eigenvalue weighted by Crippen LogP contribution is -2.27. The molecule has 0 saturated carbocycles. The molecule has 1 aromatic heterocycles. The molecule has 14 heteroatoms. The Balaban J connectivity index is 1.85. The molecule has 1 saturated heterocycles. The van der Waals surface area contributed by atoms with Crippen LogP contribution < -0.4 is 10.3 Å². The van der Waals surface area contributed by atoms with E-state index < -0.39 is 86.9 Å². The highest BCUT2D eigenvalue weighted by Crippen LogP contribution is 2.34. The van der Waals surface area contributed by atoms with Gasteiger partial charge in [-0.05, 0) is 24.6 Å². The molecule has 0 aliphatic carbocycles. The van der Waals surface area contributed by atoms with Crippen molar-refractivity contribution in [3.63, 3.8) is 0 Å². The van der Waals surface area contributed by atoms with Crippen LogP contribution in [0.15, 0.2) is 40.2 Å². The van der Waals surface area contributed by atoms with Crippen LogP contribution in [-0.4, -0.2) is 66.6 Å². The predicted octanol–water partition coefficient (Wildman–Crippen LogP) is 3.00. The number of aromatic nitrogens is 1. The van der Waals surface area contributed by atoms with E-state index in [0.717, 1.165) is 26.4 Å². The maximum absolute atomic E-state index is 16.1. The molecule has 1 fully saturated rings. The highest BCUT2D eigenvalue weighted by Gasteiger charge is 2.31. The number of ether oxygens (including phenoxy) is 2. The van der Waals surface area contributed by atoms with Crippen molar-refractivity contribution < 1.29 is 46.5 Å². The average Bonchev–Trinajstić information content (AvgIpc) is 3.36. The summed E-state index contributed by atoms with van der Waals surface area (Å²) >= 11 is 0. The Hall–Kier alpha value is -4.75. The van der Waals surface area contributed by atoms with Gasteiger partial charge in [0.1, 0.15) is 34.4 Å². The van der Waals surface area contributed by atoms with E-state index in [1.807, 2.05) is 0 Å². The number of fused-ring (bicyclic) bond motifs is 1. The summed E-state index contributed by atoms with van der Waals surface area (Å²) in [5.41, 5.74) is -4.08. The van der Waals surface area contributed by atoms with E-state index in [4.69, 9.17) is 0 Å². The Morgan fingerprint density at radius 2 is 1.80 bits per heavy atom. The van der Waals surface area contributed by atoms with Crippen LogP contribution in [0.2, 0.25) is 0 Å². The zero-order valence-electron chi connectivity index (χ0n) is 21.0. The van der Waals surface area contributed by atoms with Gasteiger partial charge < -0.3 is 24.0 Å². The largest absolute Gasteiger partial charge is 0.477 e. The summed E-state index contributed by atoms with van der Waals surface area (Å²) in [6.45, 7) is -0.0914. The molecule has 2 aromatic carbocycles. The van der Waals surface area contributed by atoms with Gasteiger partial charge in [-0.1, -0.05) is 0 Å². The van der Waals surface area contributed by atoms with Crippen molar-refractivity contribution in [2.45, 2.75) is 18.9 Å². The number of nitrogens with zero attached hydrogens (tertiary/aromatic N) is 3. The number of benzene rings is 2. The van der Waals surface area contributed by atoms with Gasteiger partial charge >= 0.3 is 17.9 Å². The van der Waals surface area contributed by atoms with Crippen LogP contribution in [0.5, 0.6) is 0 Å². The molecule has 210 valence electrons. The molecule has 1 atom stereocenters. The van der Waals surface area contributed by atoms with Crippen LogP contribution in [0.4, 0.5) is 23.2 Å². The monoisotopic (exact) mass is 563 g/mol. The molecule has 1 unspecified atom stereocenters. The average molecular weight is 563 g/mol. The molecule has 1 aliphatic rings. The number of aromatic carboxylic acids is 1. The minimum atomic E-state index is -1.72. The Morgan fingerprint density at radius 1 is 1.07 bits per heavy atom. The number of hydrogen-bond acceptors (Lipinski definition) is 8. The smallest absolute Gasteiger partial charge is 0.352 e. The van der Waals surface area contributed by atoms with E-state index in [1.54, 1.807) is 0 Å². The standard InChI is InChI=1S/C26H21F4N3O7/c1-39-20(34)9-18(26(38)40-2)31-13-5-6-32(10-13)23-17(29)8-14-22(21(23)30)33(11-15(24(14)35)25(36)37)19-4-3-12(27)7-16(19)28/h3-4,7-8,11,13H,5-6,9-10H2,1-2H3,(H,36,37). The van der Waals surface area contributed by atoms with Gasteiger partial charge in [0.25, 0.3) is 0 Å². The Bertz CT molecular complexity index is 1640. The maximum Gasteiger partial charge on any atom is 0.352 e. The number of hydrogen-bond donors (Lipinski definition) is 1. The zero-order chi connectivity index (χ0) is 29.3. The number of carbonyl (C=O) groups is 3. The van der Waals surface area contributed by atoms with E-state index in [9.17, 15) is 33.1 Å². The van der Waals surface area contributed by atoms with Crippen LogP contribution >= 0.6 is 0 Å². The molecule has 40 heavy (non-hydrogen) atoms. The number of aliphatic imine (C=N–C) groups is 1. The van der Waals surface area contributed by atoms with Gasteiger partial charge in [0, 0.05) is 25.4 Å². The van der Waals surface area contributed by atoms with Gasteiger partial charge in [0.2, 0.25) is 5.43 Å². The summed E-state index contributed by atoms with van der Waals surface area (Å²) in [5.74, 6) is -8.02. The Morgan fingerprint density at radius 3 is 2.42 bits per heavy atom. The van der Waals surface area contributed by atoms with Crippen molar-refractivity contribution in [2.24, 2.45) is 4.99 Å². The summed E-state index contributed by atoms with van der Waals surface area (Å²) < 4.78 is 69.6. The number of halogens is 4. The summed E-state index contributed by atoms with van der Waals surface area (Å²) in [5, 5.41) is 8.79. The molecule has 0 bridgehead atoms. The van der Waals surface area contributed by atoms with Crippen molar-refractivity contribution >= 4 is 40.2 Å². The van der Waals surface area contributed by atoms with Gasteiger partial charge in [0.05, 0.1) is 43.3 Å². The molecule has 0 spiro atoms. The van der Waals surface area contributed by atoms with Crippen LogP contribution in [0, 0.1) is 23.3 Å². The van der Waals surface area contributed by atoms with Gasteiger partial charge in [0.15, 0.2) is 5.82 Å². The van der Waals surface area contributed by atoms with Crippen molar-refractivity contribution in [1.82, 2.24) is 4.57 Å². The first-order chi connectivity index (χ1) is 19.0. The SMILES string of the molecule is COC(=O)CC(=NC1CCN(c2c(F)cc3c(=O)c(C(=O)O)cn(-c4ccc(F)cc4F)c3c2F)C1)C(=O)OC. The number of carboxylic acids is 1. The van der Waals surface area contributed by atoms with Crippen LogP contribution in [0.3, 0.4) is 0 Å². The molecule has 4 rings (SSSR count). The molecule has 0 amide bonds. The third-order valence-electron chi connectivity index (χ3n) is 6.33. The van der Waals surface area contributed by atoms with E-state index in [-0.39, 0.29) is 25.2 Å². The topological polar surface area (TPSA) is 127 Å². The number of esters is 2. The van der Waals surface area contributed by atoms with E-state index in [1.165, 1.54) is 4.90 Å². The molecule has 0 radical (unpaired) electrons. The Kier molecular flexibility index (Phi) is 7.89. The fourth-order valence-electron chi connectivity index (χ4n) is 4.48. The molecule has 3 aromatic rings. The lowest BCUT2D eigenvalue weighted by Gasteiger charge is -2.22. The number of anilines is 1. The van der Waals surface area contributed by atoms with Crippen LogP contribution in [0.1, 0.15) is 23.2 Å². The molecule has 1 N–H and O–H groups in total. The van der Waals surface area contributed by atoms with Crippen molar-refractivity contribution in [1.29, 1.82) is 0 Å². The summed E-state index contributed by atoms with van der Waals surface area (Å²) in [6.07, 6.45) is 0.399. The fraction of sp³-hybridized carbons (Fsp3) is 0.269. The zero-order valence-corrected chi connectivity index (χ0v) is 21.0. The fourth-order valence-corrected chi connectivity index (χ4v) is 4.48. The summed E-state index contributed by atoms with van der Waals surface area (Å²) in [7, 11) is 2.21. The second-order valence-corrected chi connectivity index (χ2v) is 8.77. The molecular formula is C26H21F4N3O7. The van der Waals surface area contributed by atoms with E-state index in [0.29, 0.717) is 22.9 Å². The van der Waals surface area contributed by atoms with E-state index in [2.05, 4.69) is 14.5 Å². The molecule has 2 heterocycles. The first kappa shape index (κ1) is 28.3. The van der Waals surface area contributed by atoms with Gasteiger partial charge in [-0.15, -0.1) is 0 Å². The molecule has 10 nitrogen and oxygen atoms in total. The number of methoxy groups -OCH3 is 2. The lowest BCUT2D eigenvalue weighted by molar-refractivity contribution is -0.140. The summed E-state index contributed by atoms with van der Waals surface area (Å²) in [4.78, 5) is 53.7. The first-order valence-corrected chi connectivity index (χ1v) is 11.7.